The third-order valence-corrected chi connectivity index (χ3v) is 10.7. The first-order chi connectivity index (χ1) is 25.6. The van der Waals surface area contributed by atoms with Crippen molar-refractivity contribution >= 4 is 57.8 Å². The van der Waals surface area contributed by atoms with Crippen molar-refractivity contribution in [3.63, 3.8) is 0 Å². The molecule has 3 N–H and O–H groups in total. The van der Waals surface area contributed by atoms with E-state index in [9.17, 15) is 9.59 Å². The zero-order valence-corrected chi connectivity index (χ0v) is 41.4. The molecule has 2 aliphatic rings. The third-order valence-electron chi connectivity index (χ3n) is 8.88. The Kier molecular flexibility index (Phi) is 27.6. The number of halogens is 1. The predicted molar refractivity (Wildman–Crippen MR) is 214 cm³/mol. The van der Waals surface area contributed by atoms with E-state index in [1.807, 2.05) is 0 Å². The van der Waals surface area contributed by atoms with E-state index in [2.05, 4.69) is 113 Å². The average Bonchev–Trinajstić information content (AvgIpc) is 3.19. The molecule has 2 aromatic carbocycles. The molecule has 0 saturated heterocycles. The molecule has 0 bridgehead atoms. The molecule has 0 aliphatic heterocycles. The molecule has 2 aliphatic carbocycles. The maximum Gasteiger partial charge on any atom is 1.00 e. The molecule has 2 saturated carbocycles. The van der Waals surface area contributed by atoms with Gasteiger partial charge >= 0.3 is 103 Å². The molecule has 16 heteroatoms. The number of carbonyl (C=O) groups excluding carboxylic acids is 1. The molecule has 282 valence electrons. The molecule has 2 fully saturated rings. The normalized spacial score (nSPS) is 13.5. The molecule has 0 unspecified atom stereocenters. The topological polar surface area (TPSA) is 152 Å². The van der Waals surface area contributed by atoms with Gasteiger partial charge in [-0.1, -0.05) is 126 Å². The van der Waals surface area contributed by atoms with Crippen molar-refractivity contribution in [2.45, 2.75) is 106 Å². The van der Waals surface area contributed by atoms with Crippen LogP contribution in [0.2, 0.25) is 0 Å². The van der Waals surface area contributed by atoms with E-state index in [0.717, 1.165) is 68.1 Å². The van der Waals surface area contributed by atoms with Gasteiger partial charge in [-0.05, 0) is 74.7 Å². The number of H-pyrrole nitrogens is 3. The number of nitrogens with one attached hydrogen (secondary N) is 3. The molecule has 11 nitrogen and oxygen atoms in total. The monoisotopic (exact) mass is 898 g/mol. The molecular formula is C39H45BrK2N6O5S2. The summed E-state index contributed by atoms with van der Waals surface area (Å²) >= 11 is 9.85. The molecular weight excluding hydrogens is 855 g/mol. The first-order valence-electron chi connectivity index (χ1n) is 17.4. The molecule has 6 rings (SSSR count). The minimum absolute atomic E-state index is 0. The summed E-state index contributed by atoms with van der Waals surface area (Å²) in [4.78, 5) is 54.7. The Labute approximate surface area is 427 Å². The van der Waals surface area contributed by atoms with Crippen molar-refractivity contribution in [2.75, 3.05) is 0 Å². The fraction of sp³-hybridized carbons (Fsp3) is 0.410. The van der Waals surface area contributed by atoms with Gasteiger partial charge in [0.1, 0.15) is 0 Å². The summed E-state index contributed by atoms with van der Waals surface area (Å²) in [5.41, 5.74) is 6.23. The summed E-state index contributed by atoms with van der Waals surface area (Å²) in [6.07, 6.45) is 11.3. The number of thioether (sulfide) groups is 1. The van der Waals surface area contributed by atoms with E-state index in [-0.39, 0.29) is 139 Å². The second-order valence-corrected chi connectivity index (χ2v) is 14.7. The molecule has 0 amide bonds. The van der Waals surface area contributed by atoms with Gasteiger partial charge in [-0.25, -0.2) is 14.7 Å². The summed E-state index contributed by atoms with van der Waals surface area (Å²) < 4.78 is 0.318. The second kappa shape index (κ2) is 29.2. The molecule has 2 heterocycles. The number of rotatable bonds is 7. The first kappa shape index (κ1) is 52.0. The van der Waals surface area contributed by atoms with E-state index < -0.39 is 0 Å². The van der Waals surface area contributed by atoms with Crippen LogP contribution in [0.15, 0.2) is 63.3 Å². The Morgan fingerprint density at radius 2 is 1.31 bits per heavy atom. The number of nitrogens with zero attached hydrogens (tertiary/aromatic N) is 3. The largest absolute Gasteiger partial charge is 1.00 e. The second-order valence-electron chi connectivity index (χ2n) is 12.8. The van der Waals surface area contributed by atoms with Crippen LogP contribution in [0.3, 0.4) is 0 Å². The van der Waals surface area contributed by atoms with Crippen LogP contribution in [0.1, 0.15) is 111 Å². The summed E-state index contributed by atoms with van der Waals surface area (Å²) in [7, 11) is 0. The number of aryl methyl sites for hydroxylation is 2. The molecule has 4 aromatic rings. The van der Waals surface area contributed by atoms with Gasteiger partial charge in [0.2, 0.25) is 0 Å². The third kappa shape index (κ3) is 18.2. The number of alkyl halides is 1. The van der Waals surface area contributed by atoms with Gasteiger partial charge in [-0.3, -0.25) is 14.4 Å². The maximum absolute atomic E-state index is 12.3. The Balaban J connectivity index is 0.000000818. The van der Waals surface area contributed by atoms with Gasteiger partial charge < -0.3 is 26.5 Å². The maximum atomic E-state index is 12.3. The quantitative estimate of drug-likeness (QED) is 0.0294. The van der Waals surface area contributed by atoms with Crippen LogP contribution in [0.4, 0.5) is 11.4 Å². The van der Waals surface area contributed by atoms with Crippen LogP contribution >= 0.6 is 39.9 Å². The van der Waals surface area contributed by atoms with E-state index in [0.29, 0.717) is 21.5 Å². The Bertz CT molecular complexity index is 2030. The van der Waals surface area contributed by atoms with Crippen LogP contribution in [0, 0.1) is 31.8 Å². The molecule has 0 radical (unpaired) electrons. The SMILES string of the molecule is Cc1ccc(CBr)cc1.O=CO[O-].[C-]#[N+]c1c(C2CCCCC2)[nH]c(=S)[nH]c1=O.[C-]#[N+]c1c(C2CCCCC2)nc(SCc2ccc(C)cc2)[nH]c1=O.[H-].[K+].[K+]. The smallest absolute Gasteiger partial charge is 1.00 e. The fourth-order valence-electron chi connectivity index (χ4n) is 6.11. The Morgan fingerprint density at radius 3 is 1.78 bits per heavy atom. The predicted octanol–water partition coefficient (Wildman–Crippen LogP) is 3.45. The number of carbonyl (C=O) groups is 1. The van der Waals surface area contributed by atoms with Crippen molar-refractivity contribution in [3.05, 3.63) is 130 Å². The van der Waals surface area contributed by atoms with Gasteiger partial charge in [-0.2, -0.15) is 0 Å². The molecule has 55 heavy (non-hydrogen) atoms. The van der Waals surface area contributed by atoms with Crippen LogP contribution in [0.25, 0.3) is 9.69 Å². The zero-order chi connectivity index (χ0) is 38.6. The van der Waals surface area contributed by atoms with E-state index in [1.54, 1.807) is 0 Å². The summed E-state index contributed by atoms with van der Waals surface area (Å²) in [5.74, 6) is 1.30. The number of benzene rings is 2. The molecule has 0 spiro atoms. The average molecular weight is 900 g/mol. The van der Waals surface area contributed by atoms with Crippen molar-refractivity contribution in [3.8, 4) is 0 Å². The minimum atomic E-state index is -0.362. The van der Waals surface area contributed by atoms with Gasteiger partial charge in [0.05, 0.1) is 18.8 Å². The van der Waals surface area contributed by atoms with E-state index in [1.165, 1.54) is 46.9 Å². The fourth-order valence-corrected chi connectivity index (χ4v) is 7.51. The van der Waals surface area contributed by atoms with Crippen molar-refractivity contribution in [1.29, 1.82) is 0 Å². The van der Waals surface area contributed by atoms with Gasteiger partial charge in [0.25, 0.3) is 29.0 Å². The van der Waals surface area contributed by atoms with Crippen LogP contribution < -0.4 is 119 Å². The summed E-state index contributed by atoms with van der Waals surface area (Å²) in [6.45, 7) is 18.4. The number of aromatic amines is 3. The molecule has 2 aromatic heterocycles. The van der Waals surface area contributed by atoms with E-state index in [4.69, 9.17) is 35.4 Å². The van der Waals surface area contributed by atoms with Crippen LogP contribution in [0.5, 0.6) is 0 Å². The van der Waals surface area contributed by atoms with Crippen molar-refractivity contribution in [2.24, 2.45) is 0 Å². The Morgan fingerprint density at radius 1 is 0.836 bits per heavy atom. The number of aromatic nitrogens is 4. The minimum Gasteiger partial charge on any atom is -1.00 e. The first-order valence-corrected chi connectivity index (χ1v) is 19.9. The summed E-state index contributed by atoms with van der Waals surface area (Å²) in [6, 6.07) is 16.9. The van der Waals surface area contributed by atoms with Gasteiger partial charge in [0, 0.05) is 16.8 Å². The van der Waals surface area contributed by atoms with Gasteiger partial charge in [-0.15, -0.1) is 0 Å². The van der Waals surface area contributed by atoms with Crippen LogP contribution in [-0.2, 0) is 20.8 Å². The van der Waals surface area contributed by atoms with Crippen molar-refractivity contribution < 1.29 is 119 Å². The van der Waals surface area contributed by atoms with Crippen molar-refractivity contribution in [1.82, 2.24) is 19.9 Å². The number of hydrogen-bond acceptors (Lipinski definition) is 8. The zero-order valence-electron chi connectivity index (χ0n) is 32.9. The standard InChI is InChI=1S/C19H21N3OS.C11H13N3OS.C8H9Br.CH2O3.2K.H/c1-13-8-10-14(11-9-13)12-24-19-21-16(15-6-4-3-5-7-15)17(20-2)18(23)22-19;1-12-9-8(7-5-3-2-4-6-7)13-11(16)14-10(9)15;1-7-2-4-8(6-9)5-3-7;2-1-4-3;;;/h8-11,15H,3-7,12H2,1H3,(H,21,22,23);7H,2-6H2,(H2,13,14,15,16);2-5H,6H2,1H3;1,3H;;;/q;;;;2*+1;-1/p-1. The summed E-state index contributed by atoms with van der Waals surface area (Å²) in [5, 5.41) is 10.0. The molecule has 0 atom stereocenters. The van der Waals surface area contributed by atoms with E-state index >= 15 is 0 Å². The number of hydrogen-bond donors (Lipinski definition) is 3. The van der Waals surface area contributed by atoms with Crippen LogP contribution in [-0.4, -0.2) is 26.4 Å². The van der Waals surface area contributed by atoms with Gasteiger partial charge in [0.15, 0.2) is 9.93 Å². The Hall–Kier alpha value is -1.07.